The lowest BCUT2D eigenvalue weighted by atomic mass is 10.2. The molecule has 2 aliphatic heterocycles. The largest absolute Gasteiger partial charge is 0.354 e. The van der Waals surface area contributed by atoms with E-state index < -0.39 is 0 Å². The van der Waals surface area contributed by atoms with Gasteiger partial charge in [-0.3, -0.25) is 9.89 Å². The summed E-state index contributed by atoms with van der Waals surface area (Å²) >= 11 is 1.85. The van der Waals surface area contributed by atoms with E-state index in [1.807, 2.05) is 24.6 Å². The molecule has 2 saturated heterocycles. The van der Waals surface area contributed by atoms with Crippen molar-refractivity contribution in [1.82, 2.24) is 25.4 Å². The van der Waals surface area contributed by atoms with Gasteiger partial charge in [0.1, 0.15) is 5.82 Å². The number of halogens is 1. The van der Waals surface area contributed by atoms with Crippen molar-refractivity contribution in [3.05, 3.63) is 46.3 Å². The molecule has 2 aromatic heterocycles. The summed E-state index contributed by atoms with van der Waals surface area (Å²) < 4.78 is 0. The zero-order chi connectivity index (χ0) is 21.5. The number of hydrogen-bond donors (Lipinski definition) is 2. The molecule has 0 spiro atoms. The average molecular weight is 570 g/mol. The molecule has 0 aromatic carbocycles. The molecule has 2 fully saturated rings. The molecule has 2 N–H and O–H groups in total. The number of likely N-dealkylation sites (N-methyl/N-ethyl adjacent to an activating group) is 1. The minimum Gasteiger partial charge on any atom is -0.354 e. The van der Waals surface area contributed by atoms with Crippen LogP contribution >= 0.6 is 35.3 Å². The van der Waals surface area contributed by atoms with Crippen molar-refractivity contribution < 1.29 is 0 Å². The van der Waals surface area contributed by atoms with Gasteiger partial charge < -0.3 is 20.4 Å². The molecule has 2 aromatic rings. The fourth-order valence-electron chi connectivity index (χ4n) is 4.32. The van der Waals surface area contributed by atoms with Crippen LogP contribution in [0.3, 0.4) is 0 Å². The van der Waals surface area contributed by atoms with Crippen LogP contribution in [0.25, 0.3) is 0 Å². The number of nitrogens with one attached hydrogen (secondary N) is 2. The number of guanidine groups is 1. The summed E-state index contributed by atoms with van der Waals surface area (Å²) in [5.74, 6) is 1.92. The Labute approximate surface area is 213 Å². The Morgan fingerprint density at radius 3 is 2.59 bits per heavy atom. The van der Waals surface area contributed by atoms with Crippen LogP contribution in [0.5, 0.6) is 0 Å². The smallest absolute Gasteiger partial charge is 0.191 e. The third-order valence-electron chi connectivity index (χ3n) is 6.24. The molecule has 4 heterocycles. The van der Waals surface area contributed by atoms with E-state index >= 15 is 0 Å². The first kappa shape index (κ1) is 25.2. The van der Waals surface area contributed by atoms with Crippen molar-refractivity contribution in [2.75, 3.05) is 64.8 Å². The minimum absolute atomic E-state index is 0. The molecule has 0 radical (unpaired) electrons. The van der Waals surface area contributed by atoms with Crippen LogP contribution in [-0.4, -0.2) is 80.7 Å². The number of aliphatic imine (C=N–C) groups is 1. The summed E-state index contributed by atoms with van der Waals surface area (Å²) in [5.41, 5.74) is 1.22. The van der Waals surface area contributed by atoms with Gasteiger partial charge in [-0.1, -0.05) is 6.07 Å². The van der Waals surface area contributed by atoms with Crippen molar-refractivity contribution in [2.24, 2.45) is 4.99 Å². The van der Waals surface area contributed by atoms with Crippen molar-refractivity contribution in [3.8, 4) is 0 Å². The van der Waals surface area contributed by atoms with Gasteiger partial charge in [0.05, 0.1) is 6.04 Å². The number of nitrogens with zero attached hydrogens (tertiary/aromatic N) is 5. The average Bonchev–Trinajstić information content (AvgIpc) is 3.52. The summed E-state index contributed by atoms with van der Waals surface area (Å²) in [6, 6.07) is 9.09. The Morgan fingerprint density at radius 1 is 1.12 bits per heavy atom. The number of rotatable bonds is 7. The second-order valence-electron chi connectivity index (χ2n) is 8.39. The molecule has 0 amide bonds. The second-order valence-corrected chi connectivity index (χ2v) is 9.37. The van der Waals surface area contributed by atoms with Crippen molar-refractivity contribution in [2.45, 2.75) is 25.4 Å². The lowest BCUT2D eigenvalue weighted by molar-refractivity contribution is 0.249. The molecule has 1 unspecified atom stereocenters. The predicted octanol–water partition coefficient (Wildman–Crippen LogP) is 3.02. The molecule has 0 aliphatic carbocycles. The Kier molecular flexibility index (Phi) is 10.0. The Balaban J connectivity index is 0.00000289. The molecule has 2 aliphatic rings. The molecule has 32 heavy (non-hydrogen) atoms. The van der Waals surface area contributed by atoms with Crippen LogP contribution in [0, 0.1) is 0 Å². The standard InChI is InChI=1S/C23H35N7S.HI/c1-24-23(27-18-20(21-6-5-15-31-21)29-9-3-4-10-29)26-17-19-7-8-25-22(16-19)30-13-11-28(2)12-14-30;/h5-8,15-16,20H,3-4,9-14,17-18H2,1-2H3,(H2,24,26,27);1H. The molecular weight excluding hydrogens is 533 g/mol. The van der Waals surface area contributed by atoms with Crippen molar-refractivity contribution >= 4 is 47.1 Å². The number of likely N-dealkylation sites (tertiary alicyclic amines) is 1. The maximum Gasteiger partial charge on any atom is 0.191 e. The van der Waals surface area contributed by atoms with Crippen molar-refractivity contribution in [1.29, 1.82) is 0 Å². The number of piperazine rings is 1. The van der Waals surface area contributed by atoms with Crippen LogP contribution in [0.2, 0.25) is 0 Å². The molecule has 176 valence electrons. The van der Waals surface area contributed by atoms with E-state index in [-0.39, 0.29) is 24.0 Å². The van der Waals surface area contributed by atoms with Gasteiger partial charge in [-0.25, -0.2) is 4.98 Å². The Morgan fingerprint density at radius 2 is 1.91 bits per heavy atom. The molecule has 4 rings (SSSR count). The maximum atomic E-state index is 4.60. The first-order valence-corrected chi connectivity index (χ1v) is 12.2. The monoisotopic (exact) mass is 569 g/mol. The van der Waals surface area contributed by atoms with Gasteiger partial charge >= 0.3 is 0 Å². The van der Waals surface area contributed by atoms with Crippen LogP contribution in [-0.2, 0) is 6.54 Å². The summed E-state index contributed by atoms with van der Waals surface area (Å²) in [6.45, 7) is 8.20. The van der Waals surface area contributed by atoms with Gasteiger partial charge in [0.2, 0.25) is 0 Å². The van der Waals surface area contributed by atoms with E-state index in [4.69, 9.17) is 0 Å². The molecular formula is C23H36IN7S. The van der Waals surface area contributed by atoms with Gasteiger partial charge in [0.25, 0.3) is 0 Å². The highest BCUT2D eigenvalue weighted by Crippen LogP contribution is 2.27. The summed E-state index contributed by atoms with van der Waals surface area (Å²) in [6.07, 6.45) is 4.51. The van der Waals surface area contributed by atoms with Gasteiger partial charge in [0.15, 0.2) is 5.96 Å². The molecule has 0 bridgehead atoms. The lowest BCUT2D eigenvalue weighted by Gasteiger charge is -2.33. The Hall–Kier alpha value is -1.43. The van der Waals surface area contributed by atoms with Gasteiger partial charge in [0, 0.05) is 57.4 Å². The summed E-state index contributed by atoms with van der Waals surface area (Å²) in [7, 11) is 4.02. The van der Waals surface area contributed by atoms with E-state index in [1.165, 1.54) is 36.4 Å². The molecule has 9 heteroatoms. The van der Waals surface area contributed by atoms with Crippen LogP contribution in [0.4, 0.5) is 5.82 Å². The lowest BCUT2D eigenvalue weighted by Crippen LogP contribution is -2.45. The first-order valence-electron chi connectivity index (χ1n) is 11.3. The highest BCUT2D eigenvalue weighted by atomic mass is 127. The van der Waals surface area contributed by atoms with E-state index in [0.29, 0.717) is 6.04 Å². The SMILES string of the molecule is CN=C(NCc1ccnc(N2CCN(C)CC2)c1)NCC(c1cccs1)N1CCCC1.I. The van der Waals surface area contributed by atoms with E-state index in [0.717, 1.165) is 51.0 Å². The fraction of sp³-hybridized carbons (Fsp3) is 0.565. The van der Waals surface area contributed by atoms with Crippen molar-refractivity contribution in [3.63, 3.8) is 0 Å². The highest BCUT2D eigenvalue weighted by molar-refractivity contribution is 14.0. The number of anilines is 1. The first-order chi connectivity index (χ1) is 15.2. The van der Waals surface area contributed by atoms with Crippen LogP contribution in [0.15, 0.2) is 40.8 Å². The van der Waals surface area contributed by atoms with Gasteiger partial charge in [-0.15, -0.1) is 35.3 Å². The van der Waals surface area contributed by atoms with E-state index in [2.05, 4.69) is 72.0 Å². The maximum absolute atomic E-state index is 4.60. The van der Waals surface area contributed by atoms with Crippen LogP contribution < -0.4 is 15.5 Å². The summed E-state index contributed by atoms with van der Waals surface area (Å²) in [4.78, 5) is 17.8. The topological polar surface area (TPSA) is 59.0 Å². The van der Waals surface area contributed by atoms with Crippen LogP contribution in [0.1, 0.15) is 29.3 Å². The van der Waals surface area contributed by atoms with E-state index in [1.54, 1.807) is 0 Å². The second kappa shape index (κ2) is 12.7. The third kappa shape index (κ3) is 6.79. The van der Waals surface area contributed by atoms with E-state index in [9.17, 15) is 0 Å². The zero-order valence-corrected chi connectivity index (χ0v) is 22.3. The van der Waals surface area contributed by atoms with Gasteiger partial charge in [-0.05, 0) is 62.1 Å². The summed E-state index contributed by atoms with van der Waals surface area (Å²) in [5, 5.41) is 9.22. The zero-order valence-electron chi connectivity index (χ0n) is 19.2. The Bertz CT molecular complexity index is 831. The number of hydrogen-bond acceptors (Lipinski definition) is 6. The quantitative estimate of drug-likeness (QED) is 0.304. The molecule has 1 atom stereocenters. The molecule has 0 saturated carbocycles. The minimum atomic E-state index is 0. The number of aromatic nitrogens is 1. The van der Waals surface area contributed by atoms with Gasteiger partial charge in [-0.2, -0.15) is 0 Å². The number of thiophene rings is 1. The normalized spacial score (nSPS) is 18.9. The highest BCUT2D eigenvalue weighted by Gasteiger charge is 2.24. The molecule has 7 nitrogen and oxygen atoms in total. The predicted molar refractivity (Wildman–Crippen MR) is 145 cm³/mol. The number of pyridine rings is 1. The third-order valence-corrected chi connectivity index (χ3v) is 7.21. The fourth-order valence-corrected chi connectivity index (χ4v) is 5.18.